The zero-order valence-corrected chi connectivity index (χ0v) is 15.3. The molecule has 0 heterocycles. The maximum atomic E-state index is 13.0. The zero-order valence-electron chi connectivity index (χ0n) is 14.6. The molecule has 3 aromatic carbocycles. The Bertz CT molecular complexity index is 936. The third-order valence-electron chi connectivity index (χ3n) is 4.00. The van der Waals surface area contributed by atoms with E-state index in [1.165, 1.54) is 7.11 Å². The van der Waals surface area contributed by atoms with Gasteiger partial charge in [-0.15, -0.1) is 0 Å². The van der Waals surface area contributed by atoms with Gasteiger partial charge in [0.1, 0.15) is 5.75 Å². The van der Waals surface area contributed by atoms with Gasteiger partial charge in [-0.2, -0.15) is 0 Å². The molecule has 1 atom stereocenters. The van der Waals surface area contributed by atoms with Crippen LogP contribution in [-0.2, 0) is 4.74 Å². The number of carbonyl (C=O) groups excluding carboxylic acids is 2. The minimum Gasteiger partial charge on any atom is -0.497 e. The number of methoxy groups -OCH3 is 1. The summed E-state index contributed by atoms with van der Waals surface area (Å²) in [5, 5.41) is 0.531. The lowest BCUT2D eigenvalue weighted by atomic mass is 9.99. The van der Waals surface area contributed by atoms with Crippen molar-refractivity contribution in [2.45, 2.75) is 6.10 Å². The van der Waals surface area contributed by atoms with Gasteiger partial charge in [0.2, 0.25) is 5.78 Å². The molecule has 0 aliphatic heterocycles. The summed E-state index contributed by atoms with van der Waals surface area (Å²) in [5.74, 6) is -0.394. The van der Waals surface area contributed by atoms with Crippen LogP contribution in [0.4, 0.5) is 0 Å². The van der Waals surface area contributed by atoms with Crippen LogP contribution in [-0.4, -0.2) is 18.9 Å². The average molecular weight is 381 g/mol. The largest absolute Gasteiger partial charge is 0.497 e. The molecule has 0 spiro atoms. The fraction of sp³-hybridized carbons (Fsp3) is 0.0909. The Morgan fingerprint density at radius 3 is 2.19 bits per heavy atom. The minimum absolute atomic E-state index is 0.300. The van der Waals surface area contributed by atoms with Crippen molar-refractivity contribution in [2.75, 3.05) is 7.11 Å². The summed E-state index contributed by atoms with van der Waals surface area (Å²) in [4.78, 5) is 25.6. The Morgan fingerprint density at radius 2 is 1.52 bits per heavy atom. The van der Waals surface area contributed by atoms with Crippen LogP contribution in [0.25, 0.3) is 0 Å². The van der Waals surface area contributed by atoms with Crippen molar-refractivity contribution in [2.24, 2.45) is 0 Å². The van der Waals surface area contributed by atoms with Gasteiger partial charge >= 0.3 is 5.97 Å². The Labute approximate surface area is 162 Å². The average Bonchev–Trinajstić information content (AvgIpc) is 2.73. The van der Waals surface area contributed by atoms with Gasteiger partial charge in [-0.3, -0.25) is 4.79 Å². The Balaban J connectivity index is 1.93. The molecule has 4 nitrogen and oxygen atoms in total. The van der Waals surface area contributed by atoms with E-state index in [0.29, 0.717) is 27.5 Å². The molecule has 0 radical (unpaired) electrons. The highest BCUT2D eigenvalue weighted by Gasteiger charge is 2.27. The highest BCUT2D eigenvalue weighted by Crippen LogP contribution is 2.26. The molecule has 0 saturated heterocycles. The third kappa shape index (κ3) is 4.54. The molecule has 0 aliphatic rings. The molecular weight excluding hydrogens is 364 g/mol. The minimum atomic E-state index is -1.08. The standard InChI is InChI=1S/C22H17ClO4/c1-26-19-9-5-8-17(14-19)22(25)27-21(16-10-12-18(23)13-11-16)20(24)15-6-3-2-4-7-15/h2-14,21H,1H3/t21-/m0/s1. The number of esters is 1. The molecular formula is C22H17ClO4. The lowest BCUT2D eigenvalue weighted by molar-refractivity contribution is 0.0280. The van der Waals surface area contributed by atoms with E-state index in [4.69, 9.17) is 21.1 Å². The number of hydrogen-bond donors (Lipinski definition) is 0. The van der Waals surface area contributed by atoms with Crippen molar-refractivity contribution in [3.05, 3.63) is 101 Å². The Kier molecular flexibility index (Phi) is 5.89. The van der Waals surface area contributed by atoms with Gasteiger partial charge in [-0.1, -0.05) is 60.1 Å². The number of ketones is 1. The molecule has 0 fully saturated rings. The van der Waals surface area contributed by atoms with Crippen molar-refractivity contribution in [3.8, 4) is 5.75 Å². The Hall–Kier alpha value is -3.11. The number of hydrogen-bond acceptors (Lipinski definition) is 4. The maximum absolute atomic E-state index is 13.0. The first-order valence-electron chi connectivity index (χ1n) is 8.28. The van der Waals surface area contributed by atoms with E-state index in [0.717, 1.165) is 0 Å². The van der Waals surface area contributed by atoms with Crippen LogP contribution in [0.1, 0.15) is 32.4 Å². The van der Waals surface area contributed by atoms with Crippen LogP contribution in [0.5, 0.6) is 5.75 Å². The number of rotatable bonds is 6. The van der Waals surface area contributed by atoms with Crippen molar-refractivity contribution in [1.29, 1.82) is 0 Å². The summed E-state index contributed by atoms with van der Waals surface area (Å²) in [5.41, 5.74) is 1.30. The fourth-order valence-electron chi connectivity index (χ4n) is 2.59. The maximum Gasteiger partial charge on any atom is 0.339 e. The number of benzene rings is 3. The molecule has 0 saturated carbocycles. The third-order valence-corrected chi connectivity index (χ3v) is 4.25. The van der Waals surface area contributed by atoms with Gasteiger partial charge in [-0.25, -0.2) is 4.79 Å². The van der Waals surface area contributed by atoms with Crippen LogP contribution in [0.2, 0.25) is 5.02 Å². The number of ether oxygens (including phenoxy) is 2. The lowest BCUT2D eigenvalue weighted by Crippen LogP contribution is -2.20. The van der Waals surface area contributed by atoms with Crippen molar-refractivity contribution < 1.29 is 19.1 Å². The predicted octanol–water partition coefficient (Wildman–Crippen LogP) is 5.13. The van der Waals surface area contributed by atoms with Gasteiger partial charge in [0, 0.05) is 16.1 Å². The predicted molar refractivity (Wildman–Crippen MR) is 103 cm³/mol. The SMILES string of the molecule is COc1cccc(C(=O)O[C@H](C(=O)c2ccccc2)c2ccc(Cl)cc2)c1. The van der Waals surface area contributed by atoms with E-state index in [9.17, 15) is 9.59 Å². The lowest BCUT2D eigenvalue weighted by Gasteiger charge is -2.18. The smallest absolute Gasteiger partial charge is 0.339 e. The van der Waals surface area contributed by atoms with Crippen LogP contribution in [0, 0.1) is 0 Å². The highest BCUT2D eigenvalue weighted by molar-refractivity contribution is 6.30. The second kappa shape index (κ2) is 8.52. The van der Waals surface area contributed by atoms with E-state index < -0.39 is 12.1 Å². The van der Waals surface area contributed by atoms with E-state index in [2.05, 4.69) is 0 Å². The van der Waals surface area contributed by atoms with Gasteiger partial charge in [0.15, 0.2) is 6.10 Å². The molecule has 0 aromatic heterocycles. The second-order valence-electron chi connectivity index (χ2n) is 5.80. The van der Waals surface area contributed by atoms with Crippen molar-refractivity contribution in [1.82, 2.24) is 0 Å². The van der Waals surface area contributed by atoms with E-state index in [1.807, 2.05) is 6.07 Å². The number of Topliss-reactive ketones (excluding diaryl/α,β-unsaturated/α-hetero) is 1. The van der Waals surface area contributed by atoms with Gasteiger partial charge in [-0.05, 0) is 30.3 Å². The molecule has 0 aliphatic carbocycles. The molecule has 3 aromatic rings. The van der Waals surface area contributed by atoms with Crippen LogP contribution < -0.4 is 4.74 Å². The first-order valence-corrected chi connectivity index (χ1v) is 8.66. The topological polar surface area (TPSA) is 52.6 Å². The monoisotopic (exact) mass is 380 g/mol. The van der Waals surface area contributed by atoms with Gasteiger partial charge in [0.05, 0.1) is 12.7 Å². The molecule has 0 unspecified atom stereocenters. The van der Waals surface area contributed by atoms with Gasteiger partial charge < -0.3 is 9.47 Å². The number of halogens is 1. The zero-order chi connectivity index (χ0) is 19.2. The van der Waals surface area contributed by atoms with Crippen LogP contribution in [0.15, 0.2) is 78.9 Å². The second-order valence-corrected chi connectivity index (χ2v) is 6.24. The van der Waals surface area contributed by atoms with E-state index in [1.54, 1.807) is 72.8 Å². The van der Waals surface area contributed by atoms with Crippen LogP contribution in [0.3, 0.4) is 0 Å². The summed E-state index contributed by atoms with van der Waals surface area (Å²) < 4.78 is 10.7. The first kappa shape index (κ1) is 18.7. The van der Waals surface area contributed by atoms with Crippen molar-refractivity contribution in [3.63, 3.8) is 0 Å². The molecule has 136 valence electrons. The first-order chi connectivity index (χ1) is 13.1. The highest BCUT2D eigenvalue weighted by atomic mass is 35.5. The molecule has 27 heavy (non-hydrogen) atoms. The molecule has 0 amide bonds. The summed E-state index contributed by atoms with van der Waals surface area (Å²) in [6.07, 6.45) is -1.08. The fourth-order valence-corrected chi connectivity index (χ4v) is 2.72. The van der Waals surface area contributed by atoms with E-state index in [-0.39, 0.29) is 5.78 Å². The molecule has 5 heteroatoms. The summed E-state index contributed by atoms with van der Waals surface area (Å²) >= 11 is 5.94. The summed E-state index contributed by atoms with van der Waals surface area (Å²) in [7, 11) is 1.51. The Morgan fingerprint density at radius 1 is 0.852 bits per heavy atom. The summed E-state index contributed by atoms with van der Waals surface area (Å²) in [6.45, 7) is 0. The quantitative estimate of drug-likeness (QED) is 0.439. The summed E-state index contributed by atoms with van der Waals surface area (Å²) in [6, 6.07) is 21.9. The normalized spacial score (nSPS) is 11.5. The van der Waals surface area contributed by atoms with Crippen molar-refractivity contribution >= 4 is 23.4 Å². The molecule has 0 N–H and O–H groups in total. The van der Waals surface area contributed by atoms with Crippen LogP contribution >= 0.6 is 11.6 Å². The van der Waals surface area contributed by atoms with E-state index >= 15 is 0 Å². The van der Waals surface area contributed by atoms with Gasteiger partial charge in [0.25, 0.3) is 0 Å². The number of carbonyl (C=O) groups is 2. The molecule has 3 rings (SSSR count). The molecule has 0 bridgehead atoms.